The van der Waals surface area contributed by atoms with Crippen LogP contribution in [-0.2, 0) is 16.4 Å². The number of piperazine rings is 1. The van der Waals surface area contributed by atoms with Crippen molar-refractivity contribution in [1.82, 2.24) is 9.80 Å². The van der Waals surface area contributed by atoms with Gasteiger partial charge in [-0.25, -0.2) is 13.6 Å². The molecule has 0 spiro atoms. The van der Waals surface area contributed by atoms with Crippen LogP contribution in [0.25, 0.3) is 0 Å². The van der Waals surface area contributed by atoms with Crippen molar-refractivity contribution < 1.29 is 8.42 Å². The number of likely N-dealkylation sites (N-methyl/N-ethyl adjacent to an activating group) is 1. The third-order valence-electron chi connectivity index (χ3n) is 3.80. The van der Waals surface area contributed by atoms with Crippen LogP contribution < -0.4 is 5.14 Å². The lowest BCUT2D eigenvalue weighted by Gasteiger charge is -2.32. The van der Waals surface area contributed by atoms with Gasteiger partial charge in [-0.15, -0.1) is 0 Å². The lowest BCUT2D eigenvalue weighted by atomic mass is 10.1. The van der Waals surface area contributed by atoms with Gasteiger partial charge in [0, 0.05) is 26.2 Å². The molecule has 0 aromatic heterocycles. The molecule has 1 fully saturated rings. The number of benzene rings is 1. The summed E-state index contributed by atoms with van der Waals surface area (Å²) in [5.41, 5.74) is 0.823. The molecule has 0 aliphatic carbocycles. The minimum atomic E-state index is -3.62. The molecule has 0 bridgehead atoms. The fourth-order valence-corrected chi connectivity index (χ4v) is 3.36. The molecule has 20 heavy (non-hydrogen) atoms. The van der Waals surface area contributed by atoms with Gasteiger partial charge < -0.3 is 9.80 Å². The Balaban J connectivity index is 1.89. The Morgan fingerprint density at radius 3 is 2.45 bits per heavy atom. The first-order chi connectivity index (χ1) is 9.47. The fourth-order valence-electron chi connectivity index (χ4n) is 2.55. The highest BCUT2D eigenvalue weighted by Gasteiger charge is 2.15. The van der Waals surface area contributed by atoms with Gasteiger partial charge in [0.25, 0.3) is 0 Å². The van der Waals surface area contributed by atoms with Gasteiger partial charge in [-0.05, 0) is 38.1 Å². The van der Waals surface area contributed by atoms with Gasteiger partial charge in [-0.2, -0.15) is 0 Å². The molecular formula is C14H23N3O2S. The first-order valence-corrected chi connectivity index (χ1v) is 8.53. The Kier molecular flexibility index (Phi) is 5.15. The number of primary sulfonamides is 1. The molecule has 1 saturated heterocycles. The maximum Gasteiger partial charge on any atom is 0.238 e. The summed E-state index contributed by atoms with van der Waals surface area (Å²) in [6, 6.07) is 7.01. The number of nitrogens with two attached hydrogens (primary N) is 1. The quantitative estimate of drug-likeness (QED) is 0.860. The summed E-state index contributed by atoms with van der Waals surface area (Å²) in [5.74, 6) is 0. The zero-order chi connectivity index (χ0) is 14.6. The maximum absolute atomic E-state index is 11.5. The summed E-state index contributed by atoms with van der Waals surface area (Å²) < 4.78 is 23.0. The highest BCUT2D eigenvalue weighted by atomic mass is 32.2. The summed E-state index contributed by atoms with van der Waals surface area (Å²) in [6.45, 7) is 5.40. The molecule has 1 aromatic rings. The third kappa shape index (κ3) is 4.28. The van der Waals surface area contributed by atoms with Gasteiger partial charge in [0.05, 0.1) is 4.90 Å². The smallest absolute Gasteiger partial charge is 0.238 e. The standard InChI is InChI=1S/C14H23N3O2S/c1-16-9-11-17(12-10-16)8-4-6-13-5-2-3-7-14(13)20(15,18)19/h2-3,5,7H,4,6,8-12H2,1H3,(H2,15,18,19). The Bertz CT molecular complexity index is 537. The highest BCUT2D eigenvalue weighted by molar-refractivity contribution is 7.89. The van der Waals surface area contributed by atoms with Crippen LogP contribution >= 0.6 is 0 Å². The molecule has 5 nitrogen and oxygen atoms in total. The minimum Gasteiger partial charge on any atom is -0.304 e. The second kappa shape index (κ2) is 6.67. The van der Waals surface area contributed by atoms with E-state index < -0.39 is 10.0 Å². The normalized spacial score (nSPS) is 18.3. The van der Waals surface area contributed by atoms with E-state index in [2.05, 4.69) is 16.8 Å². The van der Waals surface area contributed by atoms with E-state index in [1.807, 2.05) is 12.1 Å². The predicted octanol–water partition coefficient (Wildman–Crippen LogP) is 0.514. The van der Waals surface area contributed by atoms with E-state index in [1.54, 1.807) is 12.1 Å². The molecule has 2 N–H and O–H groups in total. The number of rotatable bonds is 5. The Hall–Kier alpha value is -0.950. The number of nitrogens with zero attached hydrogens (tertiary/aromatic N) is 2. The first kappa shape index (κ1) is 15.4. The van der Waals surface area contributed by atoms with Crippen molar-refractivity contribution >= 4 is 10.0 Å². The predicted molar refractivity (Wildman–Crippen MR) is 80.1 cm³/mol. The monoisotopic (exact) mass is 297 g/mol. The van der Waals surface area contributed by atoms with Gasteiger partial charge in [0.15, 0.2) is 0 Å². The van der Waals surface area contributed by atoms with E-state index in [4.69, 9.17) is 5.14 Å². The van der Waals surface area contributed by atoms with Crippen molar-refractivity contribution in [2.45, 2.75) is 17.7 Å². The van der Waals surface area contributed by atoms with Crippen molar-refractivity contribution in [1.29, 1.82) is 0 Å². The third-order valence-corrected chi connectivity index (χ3v) is 4.81. The first-order valence-electron chi connectivity index (χ1n) is 6.98. The maximum atomic E-state index is 11.5. The lowest BCUT2D eigenvalue weighted by Crippen LogP contribution is -2.44. The minimum absolute atomic E-state index is 0.262. The molecule has 0 saturated carbocycles. The number of hydrogen-bond donors (Lipinski definition) is 1. The van der Waals surface area contributed by atoms with Crippen molar-refractivity contribution in [3.05, 3.63) is 29.8 Å². The van der Waals surface area contributed by atoms with Crippen LogP contribution in [0.4, 0.5) is 0 Å². The molecule has 2 rings (SSSR count). The lowest BCUT2D eigenvalue weighted by molar-refractivity contribution is 0.153. The average Bonchev–Trinajstić information content (AvgIpc) is 2.40. The molecule has 1 aliphatic rings. The fraction of sp³-hybridized carbons (Fsp3) is 0.571. The van der Waals surface area contributed by atoms with Gasteiger partial charge in [-0.1, -0.05) is 18.2 Å². The largest absolute Gasteiger partial charge is 0.304 e. The summed E-state index contributed by atoms with van der Waals surface area (Å²) in [7, 11) is -1.48. The van der Waals surface area contributed by atoms with E-state index in [0.717, 1.165) is 51.1 Å². The molecule has 1 aliphatic heterocycles. The van der Waals surface area contributed by atoms with E-state index in [9.17, 15) is 8.42 Å². The van der Waals surface area contributed by atoms with E-state index in [0.29, 0.717) is 0 Å². The van der Waals surface area contributed by atoms with Gasteiger partial charge in [0.2, 0.25) is 10.0 Å². The zero-order valence-electron chi connectivity index (χ0n) is 12.0. The van der Waals surface area contributed by atoms with Gasteiger partial charge in [-0.3, -0.25) is 0 Å². The summed E-state index contributed by atoms with van der Waals surface area (Å²) >= 11 is 0. The Morgan fingerprint density at radius 2 is 1.80 bits per heavy atom. The molecule has 0 atom stereocenters. The molecule has 1 aromatic carbocycles. The van der Waals surface area contributed by atoms with Gasteiger partial charge >= 0.3 is 0 Å². The second-order valence-electron chi connectivity index (χ2n) is 5.40. The van der Waals surface area contributed by atoms with E-state index in [1.165, 1.54) is 0 Å². The van der Waals surface area contributed by atoms with Crippen molar-refractivity contribution in [3.8, 4) is 0 Å². The van der Waals surface area contributed by atoms with Crippen LogP contribution in [0.2, 0.25) is 0 Å². The Morgan fingerprint density at radius 1 is 1.15 bits per heavy atom. The van der Waals surface area contributed by atoms with Crippen molar-refractivity contribution in [2.75, 3.05) is 39.8 Å². The summed E-state index contributed by atoms with van der Waals surface area (Å²) in [6.07, 6.45) is 1.70. The molecule has 6 heteroatoms. The average molecular weight is 297 g/mol. The van der Waals surface area contributed by atoms with Crippen molar-refractivity contribution in [2.24, 2.45) is 5.14 Å². The Labute approximate surface area is 121 Å². The van der Waals surface area contributed by atoms with Crippen LogP contribution in [-0.4, -0.2) is 58.0 Å². The molecule has 0 amide bonds. The van der Waals surface area contributed by atoms with Crippen LogP contribution in [0, 0.1) is 0 Å². The van der Waals surface area contributed by atoms with Gasteiger partial charge in [0.1, 0.15) is 0 Å². The van der Waals surface area contributed by atoms with Crippen LogP contribution in [0.5, 0.6) is 0 Å². The number of hydrogen-bond acceptors (Lipinski definition) is 4. The van der Waals surface area contributed by atoms with Crippen LogP contribution in [0.1, 0.15) is 12.0 Å². The SMILES string of the molecule is CN1CCN(CCCc2ccccc2S(N)(=O)=O)CC1. The molecule has 112 valence electrons. The van der Waals surface area contributed by atoms with Crippen LogP contribution in [0.3, 0.4) is 0 Å². The summed E-state index contributed by atoms with van der Waals surface area (Å²) in [4.78, 5) is 5.02. The van der Waals surface area contributed by atoms with E-state index in [-0.39, 0.29) is 4.90 Å². The second-order valence-corrected chi connectivity index (χ2v) is 6.93. The van der Waals surface area contributed by atoms with Crippen molar-refractivity contribution in [3.63, 3.8) is 0 Å². The highest BCUT2D eigenvalue weighted by Crippen LogP contribution is 2.15. The number of sulfonamides is 1. The van der Waals surface area contributed by atoms with E-state index >= 15 is 0 Å². The number of aryl methyl sites for hydroxylation is 1. The molecular weight excluding hydrogens is 274 g/mol. The zero-order valence-corrected chi connectivity index (χ0v) is 12.8. The molecule has 0 unspecified atom stereocenters. The molecule has 0 radical (unpaired) electrons. The topological polar surface area (TPSA) is 66.6 Å². The van der Waals surface area contributed by atoms with Crippen LogP contribution in [0.15, 0.2) is 29.2 Å². The summed E-state index contributed by atoms with van der Waals surface area (Å²) in [5, 5.41) is 5.24. The molecule has 1 heterocycles.